The molecule has 0 amide bonds. The molecule has 0 heterocycles. The van der Waals surface area contributed by atoms with E-state index < -0.39 is 10.4 Å². The minimum absolute atomic E-state index is 0. The largest absolute Gasteiger partial charge is 1.00 e. The van der Waals surface area contributed by atoms with E-state index in [1.54, 1.807) is 0 Å². The van der Waals surface area contributed by atoms with Crippen LogP contribution in [0.25, 0.3) is 0 Å². The molecule has 0 aromatic carbocycles. The van der Waals surface area contributed by atoms with Crippen LogP contribution in [0.4, 0.5) is 0 Å². The molecule has 0 radical (unpaired) electrons. The average Bonchev–Trinajstić information content (AvgIpc) is 2.56. The second kappa shape index (κ2) is 20.6. The number of hydrogen-bond acceptors (Lipinski definition) is 4. The molecule has 0 aliphatic rings. The van der Waals surface area contributed by atoms with Gasteiger partial charge in [0.2, 0.25) is 10.4 Å². The average molecular weight is 401 g/mol. The van der Waals surface area contributed by atoms with Crippen LogP contribution in [0.2, 0.25) is 0 Å². The summed E-state index contributed by atoms with van der Waals surface area (Å²) in [6, 6.07) is 0. The summed E-state index contributed by atoms with van der Waals surface area (Å²) in [5, 5.41) is 0. The third-order valence-electron chi connectivity index (χ3n) is 4.88. The zero-order chi connectivity index (χ0) is 18.8. The second-order valence-corrected chi connectivity index (χ2v) is 8.43. The van der Waals surface area contributed by atoms with E-state index in [2.05, 4.69) is 18.0 Å². The van der Waals surface area contributed by atoms with Crippen molar-refractivity contribution in [1.82, 2.24) is 0 Å². The molecule has 1 atom stereocenters. The van der Waals surface area contributed by atoms with Crippen molar-refractivity contribution in [3.63, 3.8) is 0 Å². The maximum Gasteiger partial charge on any atom is 1.00 e. The van der Waals surface area contributed by atoms with Crippen LogP contribution in [-0.4, -0.2) is 19.6 Å². The first-order valence-electron chi connectivity index (χ1n) is 10.6. The molecule has 152 valence electrons. The van der Waals surface area contributed by atoms with Crippen LogP contribution < -0.4 is 29.6 Å². The molecule has 26 heavy (non-hydrogen) atoms. The fourth-order valence-electron chi connectivity index (χ4n) is 3.27. The van der Waals surface area contributed by atoms with Gasteiger partial charge in [-0.1, -0.05) is 104 Å². The second-order valence-electron chi connectivity index (χ2n) is 7.38. The molecule has 0 fully saturated rings. The van der Waals surface area contributed by atoms with Crippen LogP contribution in [0.1, 0.15) is 117 Å². The van der Waals surface area contributed by atoms with E-state index in [1.165, 1.54) is 77.0 Å². The van der Waals surface area contributed by atoms with Crippen LogP contribution in [0.15, 0.2) is 0 Å². The van der Waals surface area contributed by atoms with Crippen molar-refractivity contribution in [2.75, 3.05) is 6.61 Å². The van der Waals surface area contributed by atoms with Gasteiger partial charge < -0.3 is 4.55 Å². The van der Waals surface area contributed by atoms with Crippen LogP contribution in [0, 0.1) is 5.92 Å². The van der Waals surface area contributed by atoms with Gasteiger partial charge in [-0.2, -0.15) is 0 Å². The zero-order valence-electron chi connectivity index (χ0n) is 17.6. The molecule has 0 N–H and O–H groups in total. The first kappa shape index (κ1) is 29.1. The van der Waals surface area contributed by atoms with Crippen LogP contribution in [0.3, 0.4) is 0 Å². The Labute approximate surface area is 185 Å². The fraction of sp³-hybridized carbons (Fsp3) is 1.00. The van der Waals surface area contributed by atoms with Crippen molar-refractivity contribution in [2.24, 2.45) is 5.92 Å². The molecule has 0 rings (SSSR count). The van der Waals surface area contributed by atoms with Crippen molar-refractivity contribution in [3.8, 4) is 0 Å². The molecule has 0 aromatic rings. The van der Waals surface area contributed by atoms with Crippen molar-refractivity contribution in [2.45, 2.75) is 117 Å². The topological polar surface area (TPSA) is 66.4 Å². The predicted octanol–water partition coefficient (Wildman–Crippen LogP) is 3.36. The summed E-state index contributed by atoms with van der Waals surface area (Å²) in [5.74, 6) is 0.203. The summed E-state index contributed by atoms with van der Waals surface area (Å²) in [5.41, 5.74) is 0. The molecule has 0 saturated heterocycles. The summed E-state index contributed by atoms with van der Waals surface area (Å²) in [6.07, 6.45) is 19.6. The Morgan fingerprint density at radius 2 is 1.04 bits per heavy atom. The third kappa shape index (κ3) is 22.9. The summed E-state index contributed by atoms with van der Waals surface area (Å²) >= 11 is 0. The van der Waals surface area contributed by atoms with E-state index in [9.17, 15) is 13.0 Å². The summed E-state index contributed by atoms with van der Waals surface area (Å²) in [4.78, 5) is 0. The maximum atomic E-state index is 10.7. The minimum atomic E-state index is -4.56. The monoisotopic (exact) mass is 400 g/mol. The first-order valence-corrected chi connectivity index (χ1v) is 11.9. The Hall–Kier alpha value is 0.870. The number of unbranched alkanes of at least 4 members (excludes halogenated alkanes) is 12. The van der Waals surface area contributed by atoms with Gasteiger partial charge in [-0.3, -0.25) is 4.18 Å². The van der Waals surface area contributed by atoms with Gasteiger partial charge in [0.05, 0.1) is 6.61 Å². The zero-order valence-corrected chi connectivity index (χ0v) is 20.5. The van der Waals surface area contributed by atoms with E-state index in [0.717, 1.165) is 25.7 Å². The molecule has 4 nitrogen and oxygen atoms in total. The molecule has 0 spiro atoms. The Morgan fingerprint density at radius 3 is 1.42 bits per heavy atom. The van der Waals surface area contributed by atoms with Gasteiger partial charge in [0.25, 0.3) is 0 Å². The van der Waals surface area contributed by atoms with E-state index in [0.29, 0.717) is 0 Å². The molecular weight excluding hydrogens is 359 g/mol. The maximum absolute atomic E-state index is 10.7. The van der Waals surface area contributed by atoms with Gasteiger partial charge in [0.1, 0.15) is 0 Å². The van der Waals surface area contributed by atoms with Crippen molar-refractivity contribution in [1.29, 1.82) is 0 Å². The van der Waals surface area contributed by atoms with Crippen LogP contribution in [-0.2, 0) is 14.6 Å². The molecule has 0 bridgehead atoms. The van der Waals surface area contributed by atoms with E-state index >= 15 is 0 Å². The fourth-order valence-corrected chi connectivity index (χ4v) is 3.63. The molecule has 6 heteroatoms. The van der Waals surface area contributed by atoms with Gasteiger partial charge in [-0.15, -0.1) is 0 Å². The smallest absolute Gasteiger partial charge is 0.726 e. The Kier molecular flexibility index (Phi) is 23.0. The summed E-state index contributed by atoms with van der Waals surface area (Å²) in [7, 11) is -4.56. The molecule has 0 aliphatic heterocycles. The summed E-state index contributed by atoms with van der Waals surface area (Å²) < 4.78 is 36.5. The Bertz CT molecular complexity index is 374. The third-order valence-corrected chi connectivity index (χ3v) is 5.30. The molecule has 0 saturated carbocycles. The number of rotatable bonds is 19. The number of hydrogen-bond donors (Lipinski definition) is 0. The molecule has 1 unspecified atom stereocenters. The van der Waals surface area contributed by atoms with Crippen molar-refractivity contribution in [3.05, 3.63) is 0 Å². The van der Waals surface area contributed by atoms with Crippen molar-refractivity contribution >= 4 is 10.4 Å². The van der Waals surface area contributed by atoms with Gasteiger partial charge in [-0.05, 0) is 18.8 Å². The first-order chi connectivity index (χ1) is 12.0. The predicted molar refractivity (Wildman–Crippen MR) is 104 cm³/mol. The van der Waals surface area contributed by atoms with E-state index in [-0.39, 0.29) is 42.1 Å². The SMILES string of the molecule is CCCCCCCCCCCCC(CCCCCC)COS(=O)(=O)[O-].[Na+]. The minimum Gasteiger partial charge on any atom is -0.726 e. The molecule has 0 aliphatic carbocycles. The van der Waals surface area contributed by atoms with Crippen LogP contribution >= 0.6 is 0 Å². The standard InChI is InChI=1S/C20H42O4S.Na/c1-3-5-7-9-10-11-12-13-14-16-18-20(17-15-8-6-4-2)19-24-25(21,22)23;/h20H,3-19H2,1-2H3,(H,21,22,23);/q;+1/p-1. The van der Waals surface area contributed by atoms with Gasteiger partial charge >= 0.3 is 29.6 Å². The van der Waals surface area contributed by atoms with Gasteiger partial charge in [0.15, 0.2) is 0 Å². The molecular formula is C20H41NaO4S. The van der Waals surface area contributed by atoms with E-state index in [1.807, 2.05) is 0 Å². The quantitative estimate of drug-likeness (QED) is 0.144. The Balaban J connectivity index is 0. The normalized spacial score (nSPS) is 12.7. The van der Waals surface area contributed by atoms with E-state index in [4.69, 9.17) is 0 Å². The molecule has 0 aromatic heterocycles. The Morgan fingerprint density at radius 1 is 0.692 bits per heavy atom. The van der Waals surface area contributed by atoms with Gasteiger partial charge in [-0.25, -0.2) is 8.42 Å². The van der Waals surface area contributed by atoms with Crippen molar-refractivity contribution < 1.29 is 46.7 Å². The van der Waals surface area contributed by atoms with Gasteiger partial charge in [0, 0.05) is 0 Å². The van der Waals surface area contributed by atoms with Crippen LogP contribution in [0.5, 0.6) is 0 Å². The summed E-state index contributed by atoms with van der Waals surface area (Å²) in [6.45, 7) is 4.48.